The van der Waals surface area contributed by atoms with Gasteiger partial charge in [-0.05, 0) is 31.6 Å². The summed E-state index contributed by atoms with van der Waals surface area (Å²) in [7, 11) is 0. The molecule has 1 N–H and O–H groups in total. The molecule has 4 rings (SSSR count). The van der Waals surface area contributed by atoms with E-state index in [1.165, 1.54) is 25.8 Å². The summed E-state index contributed by atoms with van der Waals surface area (Å²) in [5.74, 6) is 2.57. The highest BCUT2D eigenvalue weighted by atomic mass is 16.1. The number of carbonyl (C=O) groups excluding carboxylic acids is 1. The van der Waals surface area contributed by atoms with Gasteiger partial charge in [-0.3, -0.25) is 9.69 Å². The van der Waals surface area contributed by atoms with Crippen LogP contribution in [0.4, 0.5) is 0 Å². The minimum Gasteiger partial charge on any atom is -0.350 e. The number of rotatable bonds is 5. The molecule has 5 nitrogen and oxygen atoms in total. The van der Waals surface area contributed by atoms with Crippen molar-refractivity contribution in [2.24, 2.45) is 11.8 Å². The standard InChI is InChI=1S/C16H24N4O/c21-16(13-2-1-3-13)17-8-14-10-20-7-6-19(9-12-4-5-12)11-15(20)18-14/h10,12-13H,1-9,11H2,(H,17,21). The summed E-state index contributed by atoms with van der Waals surface area (Å²) >= 11 is 0. The third-order valence-electron chi connectivity index (χ3n) is 5.06. The Morgan fingerprint density at radius 2 is 2.14 bits per heavy atom. The minimum atomic E-state index is 0.211. The molecule has 5 heteroatoms. The zero-order chi connectivity index (χ0) is 14.2. The predicted octanol–water partition coefficient (Wildman–Crippen LogP) is 1.52. The molecule has 2 saturated carbocycles. The fourth-order valence-electron chi connectivity index (χ4n) is 3.26. The Morgan fingerprint density at radius 3 is 2.86 bits per heavy atom. The first-order chi connectivity index (χ1) is 10.3. The highest BCUT2D eigenvalue weighted by Crippen LogP contribution is 2.30. The van der Waals surface area contributed by atoms with Gasteiger partial charge < -0.3 is 9.88 Å². The Bertz CT molecular complexity index is 530. The van der Waals surface area contributed by atoms with Gasteiger partial charge in [0, 0.05) is 31.7 Å². The molecule has 3 aliphatic rings. The molecule has 1 aliphatic heterocycles. The van der Waals surface area contributed by atoms with Gasteiger partial charge in [0.1, 0.15) is 5.82 Å². The third-order valence-corrected chi connectivity index (χ3v) is 5.06. The van der Waals surface area contributed by atoms with E-state index >= 15 is 0 Å². The second kappa shape index (κ2) is 5.44. The van der Waals surface area contributed by atoms with Crippen LogP contribution >= 0.6 is 0 Å². The van der Waals surface area contributed by atoms with Gasteiger partial charge in [-0.2, -0.15) is 0 Å². The SMILES string of the molecule is O=C(NCc1cn2c(n1)CN(CC1CC1)CC2)C1CCC1. The average Bonchev–Trinajstić information content (AvgIpc) is 3.12. The van der Waals surface area contributed by atoms with Crippen molar-refractivity contribution in [1.29, 1.82) is 0 Å². The topological polar surface area (TPSA) is 50.2 Å². The highest BCUT2D eigenvalue weighted by molar-refractivity contribution is 5.79. The molecule has 0 saturated heterocycles. The fourth-order valence-corrected chi connectivity index (χ4v) is 3.26. The van der Waals surface area contributed by atoms with Crippen LogP contribution in [0.1, 0.15) is 43.6 Å². The molecular formula is C16H24N4O. The monoisotopic (exact) mass is 288 g/mol. The Balaban J connectivity index is 1.32. The Hall–Kier alpha value is -1.36. The number of carbonyl (C=O) groups is 1. The van der Waals surface area contributed by atoms with Gasteiger partial charge in [0.15, 0.2) is 0 Å². The molecule has 0 unspecified atom stereocenters. The summed E-state index contributed by atoms with van der Waals surface area (Å²) in [6.45, 7) is 4.95. The molecule has 1 aromatic rings. The normalized spacial score (nSPS) is 22.7. The molecule has 2 heterocycles. The lowest BCUT2D eigenvalue weighted by Gasteiger charge is -2.27. The van der Waals surface area contributed by atoms with Crippen molar-refractivity contribution in [2.75, 3.05) is 13.1 Å². The number of imidazole rings is 1. The summed E-state index contributed by atoms with van der Waals surface area (Å²) in [6, 6.07) is 0. The molecule has 0 spiro atoms. The molecule has 0 bridgehead atoms. The van der Waals surface area contributed by atoms with Crippen molar-refractivity contribution in [2.45, 2.75) is 51.7 Å². The van der Waals surface area contributed by atoms with Crippen molar-refractivity contribution in [1.82, 2.24) is 19.8 Å². The lowest BCUT2D eigenvalue weighted by molar-refractivity contribution is -0.127. The van der Waals surface area contributed by atoms with Gasteiger partial charge in [-0.25, -0.2) is 4.98 Å². The quantitative estimate of drug-likeness (QED) is 0.894. The lowest BCUT2D eigenvalue weighted by atomic mass is 9.85. The van der Waals surface area contributed by atoms with Gasteiger partial charge in [0.2, 0.25) is 5.91 Å². The van der Waals surface area contributed by atoms with E-state index < -0.39 is 0 Å². The van der Waals surface area contributed by atoms with Crippen molar-refractivity contribution < 1.29 is 4.79 Å². The lowest BCUT2D eigenvalue weighted by Crippen LogP contribution is -2.35. The second-order valence-electron chi connectivity index (χ2n) is 6.87. The van der Waals surface area contributed by atoms with Crippen LogP contribution in [0.2, 0.25) is 0 Å². The van der Waals surface area contributed by atoms with Crippen LogP contribution in [0.15, 0.2) is 6.20 Å². The van der Waals surface area contributed by atoms with Crippen molar-refractivity contribution in [3.8, 4) is 0 Å². The summed E-state index contributed by atoms with van der Waals surface area (Å²) in [5, 5.41) is 3.04. The average molecular weight is 288 g/mol. The van der Waals surface area contributed by atoms with Crippen LogP contribution in [0, 0.1) is 11.8 Å². The fraction of sp³-hybridized carbons (Fsp3) is 0.750. The second-order valence-corrected chi connectivity index (χ2v) is 6.87. The maximum atomic E-state index is 11.9. The largest absolute Gasteiger partial charge is 0.350 e. The van der Waals surface area contributed by atoms with E-state index in [2.05, 4.69) is 21.0 Å². The Labute approximate surface area is 125 Å². The van der Waals surface area contributed by atoms with Crippen LogP contribution in [-0.4, -0.2) is 33.4 Å². The molecule has 1 aromatic heterocycles. The molecule has 1 amide bonds. The summed E-state index contributed by atoms with van der Waals surface area (Å²) in [5.41, 5.74) is 1.01. The van der Waals surface area contributed by atoms with Crippen molar-refractivity contribution >= 4 is 5.91 Å². The summed E-state index contributed by atoms with van der Waals surface area (Å²) < 4.78 is 2.26. The molecule has 21 heavy (non-hydrogen) atoms. The maximum Gasteiger partial charge on any atom is 0.223 e. The zero-order valence-electron chi connectivity index (χ0n) is 12.6. The number of fused-ring (bicyclic) bond motifs is 1. The molecule has 0 radical (unpaired) electrons. The number of nitrogens with zero attached hydrogens (tertiary/aromatic N) is 3. The van der Waals surface area contributed by atoms with Gasteiger partial charge in [-0.1, -0.05) is 6.42 Å². The van der Waals surface area contributed by atoms with Gasteiger partial charge >= 0.3 is 0 Å². The molecule has 2 aliphatic carbocycles. The highest BCUT2D eigenvalue weighted by Gasteiger charge is 2.27. The summed E-state index contributed by atoms with van der Waals surface area (Å²) in [4.78, 5) is 19.1. The van der Waals surface area contributed by atoms with Crippen LogP contribution in [0.5, 0.6) is 0 Å². The van der Waals surface area contributed by atoms with Crippen molar-refractivity contribution in [3.63, 3.8) is 0 Å². The van der Waals surface area contributed by atoms with E-state index in [1.807, 2.05) is 0 Å². The van der Waals surface area contributed by atoms with E-state index in [9.17, 15) is 4.79 Å². The Kier molecular flexibility index (Phi) is 3.45. The number of hydrogen-bond donors (Lipinski definition) is 1. The van der Waals surface area contributed by atoms with Crippen LogP contribution in [0.3, 0.4) is 0 Å². The Morgan fingerprint density at radius 1 is 1.29 bits per heavy atom. The maximum absolute atomic E-state index is 11.9. The summed E-state index contributed by atoms with van der Waals surface area (Å²) in [6.07, 6.45) is 8.24. The number of nitrogens with one attached hydrogen (secondary N) is 1. The number of aromatic nitrogens is 2. The van der Waals surface area contributed by atoms with Gasteiger partial charge in [0.05, 0.1) is 18.8 Å². The van der Waals surface area contributed by atoms with E-state index in [-0.39, 0.29) is 11.8 Å². The van der Waals surface area contributed by atoms with E-state index in [0.29, 0.717) is 6.54 Å². The van der Waals surface area contributed by atoms with Gasteiger partial charge in [-0.15, -0.1) is 0 Å². The van der Waals surface area contributed by atoms with E-state index in [1.54, 1.807) is 0 Å². The van der Waals surface area contributed by atoms with Crippen molar-refractivity contribution in [3.05, 3.63) is 17.7 Å². The first-order valence-electron chi connectivity index (χ1n) is 8.33. The first-order valence-corrected chi connectivity index (χ1v) is 8.33. The molecule has 0 atom stereocenters. The molecular weight excluding hydrogens is 264 g/mol. The molecule has 0 aromatic carbocycles. The number of hydrogen-bond acceptors (Lipinski definition) is 3. The number of amides is 1. The first kappa shape index (κ1) is 13.3. The molecule has 2 fully saturated rings. The van der Waals surface area contributed by atoms with Crippen LogP contribution in [0.25, 0.3) is 0 Å². The molecule has 114 valence electrons. The van der Waals surface area contributed by atoms with Crippen LogP contribution < -0.4 is 5.32 Å². The van der Waals surface area contributed by atoms with E-state index in [4.69, 9.17) is 4.98 Å². The predicted molar refractivity (Wildman–Crippen MR) is 79.4 cm³/mol. The zero-order valence-corrected chi connectivity index (χ0v) is 12.6. The van der Waals surface area contributed by atoms with Crippen LogP contribution in [-0.2, 0) is 24.4 Å². The minimum absolute atomic E-state index is 0.211. The smallest absolute Gasteiger partial charge is 0.223 e. The van der Waals surface area contributed by atoms with E-state index in [0.717, 1.165) is 49.9 Å². The third kappa shape index (κ3) is 2.98. The van der Waals surface area contributed by atoms with Gasteiger partial charge in [0.25, 0.3) is 0 Å².